The Hall–Kier alpha value is -3.25. The van der Waals surface area contributed by atoms with Gasteiger partial charge >= 0.3 is 0 Å². The number of pyridine rings is 2. The summed E-state index contributed by atoms with van der Waals surface area (Å²) in [5.74, 6) is -0.472. The molecule has 1 amide bonds. The average molecular weight is 556 g/mol. The Morgan fingerprint density at radius 2 is 1.87 bits per heavy atom. The Bertz CT molecular complexity index is 1270. The number of hydrogen-bond acceptors (Lipinski definition) is 5. The van der Waals surface area contributed by atoms with Crippen LogP contribution in [-0.4, -0.2) is 46.5 Å². The van der Waals surface area contributed by atoms with Gasteiger partial charge in [0.1, 0.15) is 6.10 Å². The van der Waals surface area contributed by atoms with Gasteiger partial charge in [-0.05, 0) is 50.9 Å². The maximum absolute atomic E-state index is 13.7. The molecule has 1 fully saturated rings. The molecule has 198 valence electrons. The Morgan fingerprint density at radius 3 is 2.50 bits per heavy atom. The zero-order chi connectivity index (χ0) is 27.1. The van der Waals surface area contributed by atoms with E-state index in [1.54, 1.807) is 24.3 Å². The molecule has 3 heterocycles. The number of hydrogen-bond donors (Lipinski definition) is 1. The highest BCUT2D eigenvalue weighted by atomic mass is 35.5. The van der Waals surface area contributed by atoms with Crippen molar-refractivity contribution in [3.63, 3.8) is 0 Å². The van der Waals surface area contributed by atoms with Gasteiger partial charge in [0.25, 0.3) is 5.91 Å². The molecule has 0 radical (unpaired) electrons. The van der Waals surface area contributed by atoms with E-state index in [2.05, 4.69) is 32.0 Å². The number of nitrogens with zero attached hydrogens (tertiary/aromatic N) is 4. The van der Waals surface area contributed by atoms with Gasteiger partial charge in [-0.2, -0.15) is 9.37 Å². The fourth-order valence-electron chi connectivity index (χ4n) is 4.72. The molecule has 7 nitrogen and oxygen atoms in total. The Labute approximate surface area is 231 Å². The minimum atomic E-state index is -0.589. The summed E-state index contributed by atoms with van der Waals surface area (Å²) in [6, 6.07) is 12.1. The quantitative estimate of drug-likeness (QED) is 0.240. The van der Waals surface area contributed by atoms with Crippen LogP contribution in [-0.2, 0) is 0 Å². The molecule has 1 aliphatic heterocycles. The second-order valence-corrected chi connectivity index (χ2v) is 10.1. The summed E-state index contributed by atoms with van der Waals surface area (Å²) in [4.78, 5) is 26.2. The van der Waals surface area contributed by atoms with E-state index in [1.807, 2.05) is 12.1 Å². The van der Waals surface area contributed by atoms with Crippen LogP contribution in [0.1, 0.15) is 48.2 Å². The van der Waals surface area contributed by atoms with Gasteiger partial charge in [0.2, 0.25) is 11.8 Å². The maximum atomic E-state index is 13.7. The Morgan fingerprint density at radius 1 is 1.18 bits per heavy atom. The largest absolute Gasteiger partial charge is 0.469 e. The molecule has 1 N–H and O–H groups in total. The molecule has 2 unspecified atom stereocenters. The predicted octanol–water partition coefficient (Wildman–Crippen LogP) is 6.51. The first-order valence-electron chi connectivity index (χ1n) is 12.4. The van der Waals surface area contributed by atoms with Crippen LogP contribution in [0.4, 0.5) is 10.1 Å². The lowest BCUT2D eigenvalue weighted by atomic mass is 9.86. The molecular formula is C28H28Cl2FN5O2. The predicted molar refractivity (Wildman–Crippen MR) is 145 cm³/mol. The number of rotatable bonds is 9. The fourth-order valence-corrected chi connectivity index (χ4v) is 5.25. The number of halogens is 3. The zero-order valence-electron chi connectivity index (χ0n) is 20.9. The van der Waals surface area contributed by atoms with E-state index >= 15 is 0 Å². The van der Waals surface area contributed by atoms with Crippen LogP contribution in [0.5, 0.6) is 5.88 Å². The lowest BCUT2D eigenvalue weighted by Gasteiger charge is -2.39. The summed E-state index contributed by atoms with van der Waals surface area (Å²) in [6.45, 7) is 11.6. The molecule has 1 aromatic carbocycles. The molecule has 2 aromatic heterocycles. The van der Waals surface area contributed by atoms with Gasteiger partial charge in [0, 0.05) is 37.0 Å². The average Bonchev–Trinajstić information content (AvgIpc) is 2.92. The first-order valence-corrected chi connectivity index (χ1v) is 13.2. The fraction of sp³-hybridized carbons (Fsp3) is 0.357. The number of ether oxygens (including phenoxy) is 1. The molecule has 1 aliphatic rings. The van der Waals surface area contributed by atoms with Gasteiger partial charge in [-0.25, -0.2) is 4.85 Å². The van der Waals surface area contributed by atoms with Gasteiger partial charge in [-0.1, -0.05) is 53.5 Å². The van der Waals surface area contributed by atoms with E-state index in [1.165, 1.54) is 18.5 Å². The number of likely N-dealkylation sites (tertiary alicyclic amines) is 1. The SMILES string of the molecule is [C-]#[N+]c1ccc(C(Oc2cccc(F)n2)C2CCN(C(C)CCNC(=O)c3c(Cl)cncc3Cl)CC2)cc1. The van der Waals surface area contributed by atoms with Crippen molar-refractivity contribution in [1.29, 1.82) is 0 Å². The molecule has 0 spiro atoms. The number of nitrogens with one attached hydrogen (secondary N) is 1. The van der Waals surface area contributed by atoms with E-state index in [-0.39, 0.29) is 45.5 Å². The number of carbonyl (C=O) groups excluding carboxylic acids is 1. The van der Waals surface area contributed by atoms with Crippen LogP contribution in [0.3, 0.4) is 0 Å². The molecule has 1 saturated heterocycles. The molecule has 4 rings (SSSR count). The number of aromatic nitrogens is 2. The van der Waals surface area contributed by atoms with Crippen molar-refractivity contribution >= 4 is 34.8 Å². The summed E-state index contributed by atoms with van der Waals surface area (Å²) in [6.07, 6.45) is 5.01. The van der Waals surface area contributed by atoms with Crippen LogP contribution >= 0.6 is 23.2 Å². The topological polar surface area (TPSA) is 71.7 Å². The first-order chi connectivity index (χ1) is 18.4. The van der Waals surface area contributed by atoms with Crippen LogP contribution in [0.15, 0.2) is 54.9 Å². The minimum absolute atomic E-state index is 0.193. The minimum Gasteiger partial charge on any atom is -0.469 e. The van der Waals surface area contributed by atoms with Crippen LogP contribution in [0, 0.1) is 18.4 Å². The molecule has 0 aliphatic carbocycles. The Balaban J connectivity index is 1.34. The third-order valence-electron chi connectivity index (χ3n) is 6.84. The summed E-state index contributed by atoms with van der Waals surface area (Å²) < 4.78 is 19.9. The van der Waals surface area contributed by atoms with Crippen molar-refractivity contribution in [3.8, 4) is 5.88 Å². The van der Waals surface area contributed by atoms with Gasteiger partial charge in [0.05, 0.1) is 22.2 Å². The zero-order valence-corrected chi connectivity index (χ0v) is 22.4. The van der Waals surface area contributed by atoms with E-state index in [0.717, 1.165) is 37.9 Å². The molecule has 3 aromatic rings. The number of benzene rings is 1. The standard InChI is InChI=1S/C28H28Cl2FN5O2/c1-18(10-13-34-28(37)26-22(29)16-33-17-23(26)30)36-14-11-20(12-15-36)27(19-6-8-21(32-2)9-7-19)38-25-5-3-4-24(31)35-25/h3-9,16-18,20,27H,10-15H2,1H3,(H,34,37). The second-order valence-electron chi connectivity index (χ2n) is 9.29. The highest BCUT2D eigenvalue weighted by Crippen LogP contribution is 2.36. The van der Waals surface area contributed by atoms with Crippen LogP contribution in [0.2, 0.25) is 10.0 Å². The monoisotopic (exact) mass is 555 g/mol. The second kappa shape index (κ2) is 13.0. The van der Waals surface area contributed by atoms with E-state index < -0.39 is 5.95 Å². The number of carbonyl (C=O) groups is 1. The molecule has 38 heavy (non-hydrogen) atoms. The smallest absolute Gasteiger partial charge is 0.254 e. The van der Waals surface area contributed by atoms with Crippen LogP contribution < -0.4 is 10.1 Å². The molecule has 2 atom stereocenters. The lowest BCUT2D eigenvalue weighted by molar-refractivity contribution is 0.0575. The maximum Gasteiger partial charge on any atom is 0.254 e. The molecular weight excluding hydrogens is 528 g/mol. The summed E-state index contributed by atoms with van der Waals surface area (Å²) in [5.41, 5.74) is 1.73. The number of amides is 1. The number of piperidine rings is 1. The van der Waals surface area contributed by atoms with Crippen molar-refractivity contribution in [2.24, 2.45) is 5.92 Å². The summed E-state index contributed by atoms with van der Waals surface area (Å²) >= 11 is 12.2. The third kappa shape index (κ3) is 6.98. The van der Waals surface area contributed by atoms with Gasteiger partial charge < -0.3 is 15.0 Å². The highest BCUT2D eigenvalue weighted by molar-refractivity contribution is 6.39. The van der Waals surface area contributed by atoms with Gasteiger partial charge in [0.15, 0.2) is 5.69 Å². The lowest BCUT2D eigenvalue weighted by Crippen LogP contribution is -2.43. The van der Waals surface area contributed by atoms with Crippen molar-refractivity contribution in [1.82, 2.24) is 20.2 Å². The molecule has 0 bridgehead atoms. The van der Waals surface area contributed by atoms with Gasteiger partial charge in [-0.15, -0.1) is 0 Å². The van der Waals surface area contributed by atoms with Gasteiger partial charge in [-0.3, -0.25) is 9.78 Å². The van der Waals surface area contributed by atoms with E-state index in [0.29, 0.717) is 12.2 Å². The van der Waals surface area contributed by atoms with E-state index in [4.69, 9.17) is 34.5 Å². The van der Waals surface area contributed by atoms with Crippen LogP contribution in [0.25, 0.3) is 4.85 Å². The highest BCUT2D eigenvalue weighted by Gasteiger charge is 2.31. The first kappa shape index (κ1) is 27.8. The molecule has 0 saturated carbocycles. The molecule has 10 heteroatoms. The Kier molecular flexibility index (Phi) is 9.51. The van der Waals surface area contributed by atoms with Crippen molar-refractivity contribution in [2.75, 3.05) is 19.6 Å². The van der Waals surface area contributed by atoms with Crippen molar-refractivity contribution in [3.05, 3.63) is 93.4 Å². The van der Waals surface area contributed by atoms with E-state index in [9.17, 15) is 9.18 Å². The van der Waals surface area contributed by atoms with Crippen molar-refractivity contribution in [2.45, 2.75) is 38.3 Å². The normalized spacial score (nSPS) is 15.9. The summed E-state index contributed by atoms with van der Waals surface area (Å²) in [7, 11) is 0. The third-order valence-corrected chi connectivity index (χ3v) is 7.41. The summed E-state index contributed by atoms with van der Waals surface area (Å²) in [5, 5.41) is 3.34. The van der Waals surface area contributed by atoms with Crippen molar-refractivity contribution < 1.29 is 13.9 Å².